The topological polar surface area (TPSA) is 51.2 Å². The highest BCUT2D eigenvalue weighted by Crippen LogP contribution is 2.10. The molecule has 0 aliphatic rings. The lowest BCUT2D eigenvalue weighted by Crippen LogP contribution is -2.21. The van der Waals surface area contributed by atoms with E-state index in [9.17, 15) is 13.2 Å². The van der Waals surface area contributed by atoms with Gasteiger partial charge in [0.15, 0.2) is 16.1 Å². The summed E-state index contributed by atoms with van der Waals surface area (Å²) >= 11 is 5.35. The van der Waals surface area contributed by atoms with Gasteiger partial charge in [-0.25, -0.2) is 8.42 Å². The van der Waals surface area contributed by atoms with Gasteiger partial charge in [0.1, 0.15) is 0 Å². The molecule has 0 rings (SSSR count). The van der Waals surface area contributed by atoms with Crippen LogP contribution in [0.2, 0.25) is 0 Å². The molecule has 0 fully saturated rings. The molecule has 1 atom stereocenters. The van der Waals surface area contributed by atoms with Crippen LogP contribution in [-0.4, -0.2) is 31.6 Å². The van der Waals surface area contributed by atoms with Crippen molar-refractivity contribution in [3.8, 4) is 0 Å². The Morgan fingerprint density at radius 3 is 2.54 bits per heavy atom. The molecule has 0 aliphatic heterocycles. The third kappa shape index (κ3) is 5.26. The number of carbonyl (C=O) groups excluding carboxylic acids is 1. The Morgan fingerprint density at radius 1 is 1.46 bits per heavy atom. The molecule has 0 heterocycles. The van der Waals surface area contributed by atoms with E-state index >= 15 is 0 Å². The number of unbranched alkanes of at least 4 members (excludes halogenated alkanes) is 1. The van der Waals surface area contributed by atoms with Gasteiger partial charge in [-0.3, -0.25) is 4.79 Å². The zero-order chi connectivity index (χ0) is 10.3. The number of halogens is 1. The van der Waals surface area contributed by atoms with Crippen LogP contribution in [0.15, 0.2) is 0 Å². The molecule has 0 saturated carbocycles. The molecule has 0 bridgehead atoms. The fourth-order valence-corrected chi connectivity index (χ4v) is 2.74. The fraction of sp³-hybridized carbons (Fsp3) is 0.875. The van der Waals surface area contributed by atoms with E-state index in [1.807, 2.05) is 0 Å². The zero-order valence-electron chi connectivity index (χ0n) is 7.62. The molecule has 1 unspecified atom stereocenters. The second-order valence-electron chi connectivity index (χ2n) is 2.90. The lowest BCUT2D eigenvalue weighted by molar-refractivity contribution is 0.543. The van der Waals surface area contributed by atoms with Crippen LogP contribution < -0.4 is 0 Å². The van der Waals surface area contributed by atoms with Crippen LogP contribution in [0.4, 0.5) is 0 Å². The average molecular weight is 226 g/mol. The van der Waals surface area contributed by atoms with Crippen LogP contribution in [0.25, 0.3) is 0 Å². The molecule has 13 heavy (non-hydrogen) atoms. The molecule has 0 saturated heterocycles. The first-order chi connectivity index (χ1) is 6.04. The van der Waals surface area contributed by atoms with Gasteiger partial charge in [0, 0.05) is 12.3 Å². The maximum Gasteiger partial charge on any atom is 0.198 e. The third-order valence-electron chi connectivity index (χ3n) is 1.86. The molecule has 0 N–H and O–H groups in total. The van der Waals surface area contributed by atoms with E-state index in [1.54, 1.807) is 13.2 Å². The third-order valence-corrected chi connectivity index (χ3v) is 4.51. The molecular weight excluding hydrogens is 212 g/mol. The van der Waals surface area contributed by atoms with Crippen LogP contribution in [0, 0.1) is 0 Å². The first-order valence-electron chi connectivity index (χ1n) is 4.17. The van der Waals surface area contributed by atoms with Crippen molar-refractivity contribution < 1.29 is 13.2 Å². The minimum Gasteiger partial charge on any atom is -0.291 e. The summed E-state index contributed by atoms with van der Waals surface area (Å²) in [6, 6.07) is 0. The molecule has 1 radical (unpaired) electrons. The van der Waals surface area contributed by atoms with Crippen LogP contribution >= 0.6 is 11.6 Å². The van der Waals surface area contributed by atoms with Gasteiger partial charge >= 0.3 is 0 Å². The standard InChI is InChI=1S/C8H14ClO3S/c1-8(4-2-3-6-10)13(11,12)7-5-9/h8H,2-5,7H2,1H3. The first-order valence-corrected chi connectivity index (χ1v) is 6.42. The number of alkyl halides is 1. The monoisotopic (exact) mass is 225 g/mol. The Hall–Kier alpha value is -0.0900. The Bertz CT molecular complexity index is 236. The van der Waals surface area contributed by atoms with E-state index in [0.29, 0.717) is 19.3 Å². The van der Waals surface area contributed by atoms with Crippen molar-refractivity contribution in [1.82, 2.24) is 0 Å². The van der Waals surface area contributed by atoms with Crippen molar-refractivity contribution >= 4 is 27.7 Å². The predicted molar refractivity (Wildman–Crippen MR) is 53.5 cm³/mol. The highest BCUT2D eigenvalue weighted by molar-refractivity contribution is 7.92. The summed E-state index contributed by atoms with van der Waals surface area (Å²) in [5.74, 6) is 0.146. The molecule has 5 heteroatoms. The average Bonchev–Trinajstić information content (AvgIpc) is 2.04. The van der Waals surface area contributed by atoms with Gasteiger partial charge in [-0.1, -0.05) is 0 Å². The van der Waals surface area contributed by atoms with Gasteiger partial charge < -0.3 is 0 Å². The Kier molecular flexibility index (Phi) is 6.33. The van der Waals surface area contributed by atoms with Crippen LogP contribution in [-0.2, 0) is 14.6 Å². The number of hydrogen-bond acceptors (Lipinski definition) is 3. The maximum absolute atomic E-state index is 11.3. The first kappa shape index (κ1) is 12.9. The van der Waals surface area contributed by atoms with Crippen LogP contribution in [0.3, 0.4) is 0 Å². The molecule has 0 aromatic rings. The van der Waals surface area contributed by atoms with Crippen molar-refractivity contribution in [3.63, 3.8) is 0 Å². The zero-order valence-corrected chi connectivity index (χ0v) is 9.20. The molecule has 0 spiro atoms. The van der Waals surface area contributed by atoms with E-state index in [0.717, 1.165) is 0 Å². The lowest BCUT2D eigenvalue weighted by Gasteiger charge is -2.10. The van der Waals surface area contributed by atoms with E-state index in [1.165, 1.54) is 0 Å². The van der Waals surface area contributed by atoms with Crippen molar-refractivity contribution in [1.29, 1.82) is 0 Å². The maximum atomic E-state index is 11.3. The van der Waals surface area contributed by atoms with E-state index < -0.39 is 15.1 Å². The summed E-state index contributed by atoms with van der Waals surface area (Å²) in [6.45, 7) is 1.65. The number of sulfone groups is 1. The minimum absolute atomic E-state index is 0.0144. The molecule has 0 amide bonds. The van der Waals surface area contributed by atoms with E-state index in [-0.39, 0.29) is 11.6 Å². The summed E-state index contributed by atoms with van der Waals surface area (Å²) < 4.78 is 22.7. The summed E-state index contributed by atoms with van der Waals surface area (Å²) in [5.41, 5.74) is 0. The van der Waals surface area contributed by atoms with Crippen LogP contribution in [0.1, 0.15) is 26.2 Å². The smallest absolute Gasteiger partial charge is 0.198 e. The SMILES string of the molecule is CC(CCC[C]=O)S(=O)(=O)CCCl. The molecule has 77 valence electrons. The summed E-state index contributed by atoms with van der Waals surface area (Å²) in [6.07, 6.45) is 3.13. The van der Waals surface area contributed by atoms with Crippen molar-refractivity contribution in [2.24, 2.45) is 0 Å². The molecule has 0 aromatic heterocycles. The minimum atomic E-state index is -3.05. The molecular formula is C8H14ClO3S. The Balaban J connectivity index is 3.94. The van der Waals surface area contributed by atoms with Crippen molar-refractivity contribution in [2.75, 3.05) is 11.6 Å². The molecule has 0 aromatic carbocycles. The Labute approximate surface area is 84.4 Å². The normalized spacial score (nSPS) is 14.0. The summed E-state index contributed by atoms with van der Waals surface area (Å²) in [4.78, 5) is 9.87. The number of hydrogen-bond donors (Lipinski definition) is 0. The predicted octanol–water partition coefficient (Wildman–Crippen LogP) is 1.31. The molecule has 3 nitrogen and oxygen atoms in total. The largest absolute Gasteiger partial charge is 0.291 e. The summed E-state index contributed by atoms with van der Waals surface area (Å²) in [5, 5.41) is -0.403. The van der Waals surface area contributed by atoms with Crippen LogP contribution in [0.5, 0.6) is 0 Å². The molecule has 0 aliphatic carbocycles. The van der Waals surface area contributed by atoms with E-state index in [2.05, 4.69) is 0 Å². The Morgan fingerprint density at radius 2 is 2.08 bits per heavy atom. The van der Waals surface area contributed by atoms with Gasteiger partial charge in [0.2, 0.25) is 0 Å². The summed E-state index contributed by atoms with van der Waals surface area (Å²) in [7, 11) is -3.05. The highest BCUT2D eigenvalue weighted by atomic mass is 35.5. The van der Waals surface area contributed by atoms with Gasteiger partial charge in [0.25, 0.3) is 0 Å². The van der Waals surface area contributed by atoms with Gasteiger partial charge in [0.05, 0.1) is 11.0 Å². The van der Waals surface area contributed by atoms with Crippen molar-refractivity contribution in [2.45, 2.75) is 31.4 Å². The second kappa shape index (κ2) is 6.38. The van der Waals surface area contributed by atoms with Gasteiger partial charge in [-0.05, 0) is 19.8 Å². The highest BCUT2D eigenvalue weighted by Gasteiger charge is 2.19. The van der Waals surface area contributed by atoms with E-state index in [4.69, 9.17) is 11.6 Å². The van der Waals surface area contributed by atoms with Gasteiger partial charge in [-0.15, -0.1) is 11.6 Å². The quantitative estimate of drug-likeness (QED) is 0.485. The van der Waals surface area contributed by atoms with Crippen molar-refractivity contribution in [3.05, 3.63) is 0 Å². The van der Waals surface area contributed by atoms with Gasteiger partial charge in [-0.2, -0.15) is 0 Å². The second-order valence-corrected chi connectivity index (χ2v) is 5.82. The number of rotatable bonds is 7. The fourth-order valence-electron chi connectivity index (χ4n) is 0.950. The lowest BCUT2D eigenvalue weighted by atomic mass is 10.2.